The molecule has 0 aromatic heterocycles. The van der Waals surface area contributed by atoms with Gasteiger partial charge in [0.05, 0.1) is 12.3 Å². The number of hydrogen-bond donors (Lipinski definition) is 2. The van der Waals surface area contributed by atoms with E-state index >= 15 is 0 Å². The lowest BCUT2D eigenvalue weighted by molar-refractivity contribution is -0.122. The lowest BCUT2D eigenvalue weighted by atomic mass is 10.0. The Bertz CT molecular complexity index is 1330. The molecule has 1 saturated heterocycles. The molecule has 8 nitrogen and oxygen atoms in total. The topological polar surface area (TPSA) is 91.0 Å². The lowest BCUT2D eigenvalue weighted by Crippen LogP contribution is -2.57. The van der Waals surface area contributed by atoms with E-state index in [-0.39, 0.29) is 11.9 Å². The van der Waals surface area contributed by atoms with Crippen molar-refractivity contribution in [3.8, 4) is 11.5 Å². The average Bonchev–Trinajstić information content (AvgIpc) is 2.92. The largest absolute Gasteiger partial charge is 0.457 e. The highest BCUT2D eigenvalue weighted by Gasteiger charge is 2.32. The predicted molar refractivity (Wildman–Crippen MR) is 161 cm³/mol. The molecule has 3 aromatic carbocycles. The number of unbranched alkanes of at least 4 members (excludes halogenated alkanes) is 1. The maximum Gasteiger partial charge on any atom is 0.241 e. The summed E-state index contributed by atoms with van der Waals surface area (Å²) in [6.45, 7) is 7.83. The molecular weight excluding hydrogens is 524 g/mol. The Morgan fingerprint density at radius 3 is 2.20 bits per heavy atom. The molecule has 2 N–H and O–H groups in total. The van der Waals surface area contributed by atoms with Gasteiger partial charge in [-0.2, -0.15) is 0 Å². The van der Waals surface area contributed by atoms with Gasteiger partial charge in [0.15, 0.2) is 0 Å². The zero-order valence-electron chi connectivity index (χ0n) is 23.5. The normalized spacial score (nSPS) is 17.2. The summed E-state index contributed by atoms with van der Waals surface area (Å²) < 4.78 is 31.1. The minimum absolute atomic E-state index is 0.0807. The fraction of sp³-hybridized carbons (Fsp3) is 0.387. The minimum atomic E-state index is -3.31. The van der Waals surface area contributed by atoms with Crippen LogP contribution >= 0.6 is 0 Å². The number of carbonyl (C=O) groups excluding carboxylic acids is 1. The summed E-state index contributed by atoms with van der Waals surface area (Å²) in [5, 5.41) is 3.11. The van der Waals surface area contributed by atoms with Crippen molar-refractivity contribution in [3.05, 3.63) is 84.4 Å². The first kappa shape index (κ1) is 29.6. The van der Waals surface area contributed by atoms with Gasteiger partial charge < -0.3 is 10.1 Å². The van der Waals surface area contributed by atoms with E-state index in [9.17, 15) is 13.2 Å². The van der Waals surface area contributed by atoms with Crippen LogP contribution in [0.25, 0.3) is 0 Å². The van der Waals surface area contributed by atoms with E-state index in [1.165, 1.54) is 5.56 Å². The van der Waals surface area contributed by atoms with E-state index in [4.69, 9.17) is 4.74 Å². The minimum Gasteiger partial charge on any atom is -0.457 e. The van der Waals surface area contributed by atoms with Gasteiger partial charge in [0.1, 0.15) is 11.5 Å². The number of ether oxygens (including phenoxy) is 1. The van der Waals surface area contributed by atoms with Crippen molar-refractivity contribution in [2.75, 3.05) is 35.9 Å². The van der Waals surface area contributed by atoms with Crippen molar-refractivity contribution in [1.82, 2.24) is 9.80 Å². The number of benzene rings is 3. The number of para-hydroxylation sites is 1. The fourth-order valence-electron chi connectivity index (χ4n) is 5.00. The number of nitrogens with zero attached hydrogens (tertiary/aromatic N) is 2. The summed E-state index contributed by atoms with van der Waals surface area (Å²) in [5.41, 5.74) is 2.53. The molecule has 1 amide bonds. The van der Waals surface area contributed by atoms with Gasteiger partial charge in [-0.25, -0.2) is 8.42 Å². The first-order valence-corrected chi connectivity index (χ1v) is 15.8. The molecule has 214 valence electrons. The zero-order valence-corrected chi connectivity index (χ0v) is 24.4. The molecule has 4 rings (SSSR count). The second-order valence-corrected chi connectivity index (χ2v) is 12.2. The zero-order chi connectivity index (χ0) is 28.5. The van der Waals surface area contributed by atoms with E-state index in [1.54, 1.807) is 24.3 Å². The van der Waals surface area contributed by atoms with E-state index in [0.717, 1.165) is 57.4 Å². The molecule has 0 spiro atoms. The fourth-order valence-corrected chi connectivity index (χ4v) is 5.57. The van der Waals surface area contributed by atoms with Gasteiger partial charge >= 0.3 is 0 Å². The summed E-state index contributed by atoms with van der Waals surface area (Å²) in [6, 6.07) is 24.7. The van der Waals surface area contributed by atoms with Crippen molar-refractivity contribution >= 4 is 27.3 Å². The van der Waals surface area contributed by atoms with Crippen molar-refractivity contribution < 1.29 is 17.9 Å². The average molecular weight is 565 g/mol. The van der Waals surface area contributed by atoms with Crippen molar-refractivity contribution in [2.24, 2.45) is 0 Å². The monoisotopic (exact) mass is 564 g/mol. The van der Waals surface area contributed by atoms with Gasteiger partial charge in [0.25, 0.3) is 0 Å². The summed E-state index contributed by atoms with van der Waals surface area (Å²) in [7, 11) is -3.31. The highest BCUT2D eigenvalue weighted by Crippen LogP contribution is 2.25. The summed E-state index contributed by atoms with van der Waals surface area (Å²) in [5.74, 6) is 1.43. The van der Waals surface area contributed by atoms with Crippen LogP contribution in [-0.4, -0.2) is 62.1 Å². The molecular formula is C31H40N4O4S. The Balaban J connectivity index is 1.31. The van der Waals surface area contributed by atoms with Crippen LogP contribution in [0.15, 0.2) is 78.9 Å². The van der Waals surface area contributed by atoms with E-state index in [2.05, 4.69) is 45.8 Å². The molecule has 1 fully saturated rings. The molecule has 9 heteroatoms. The van der Waals surface area contributed by atoms with Crippen LogP contribution in [0.1, 0.15) is 38.7 Å². The maximum atomic E-state index is 13.2. The van der Waals surface area contributed by atoms with Crippen molar-refractivity contribution in [2.45, 2.75) is 51.7 Å². The Kier molecular flexibility index (Phi) is 10.2. The molecule has 0 radical (unpaired) electrons. The molecule has 0 saturated carbocycles. The molecule has 2 unspecified atom stereocenters. The third-order valence-corrected chi connectivity index (χ3v) is 7.72. The van der Waals surface area contributed by atoms with Crippen molar-refractivity contribution in [1.29, 1.82) is 0 Å². The van der Waals surface area contributed by atoms with Crippen LogP contribution < -0.4 is 14.8 Å². The summed E-state index contributed by atoms with van der Waals surface area (Å²) >= 11 is 0. The van der Waals surface area contributed by atoms with Crippen LogP contribution in [0.3, 0.4) is 0 Å². The Morgan fingerprint density at radius 2 is 1.60 bits per heavy atom. The quantitative estimate of drug-likeness (QED) is 0.300. The first-order chi connectivity index (χ1) is 19.2. The number of sulfonamides is 1. The number of anilines is 2. The van der Waals surface area contributed by atoms with Crippen LogP contribution in [-0.2, 0) is 21.4 Å². The van der Waals surface area contributed by atoms with Gasteiger partial charge in [0, 0.05) is 43.6 Å². The second kappa shape index (κ2) is 13.8. The van der Waals surface area contributed by atoms with Crippen LogP contribution in [0.4, 0.5) is 11.4 Å². The molecule has 0 bridgehead atoms. The number of nitrogens with one attached hydrogen (secondary N) is 2. The van der Waals surface area contributed by atoms with Gasteiger partial charge in [0.2, 0.25) is 15.9 Å². The lowest BCUT2D eigenvalue weighted by Gasteiger charge is -2.43. The molecule has 3 aromatic rings. The molecule has 1 heterocycles. The standard InChI is InChI=1S/C31H40N4O4S/c1-4-5-11-30(31(36)32-26-9-7-6-8-10-26)35-21-20-34(24(2)22-35)23-25-12-16-28(17-13-25)39-29-18-14-27(15-19-29)33-40(3,37)38/h6-10,12-19,24,30,33H,4-5,11,20-23H2,1-3H3,(H,32,36). The molecule has 1 aliphatic heterocycles. The summed E-state index contributed by atoms with van der Waals surface area (Å²) in [4.78, 5) is 18.0. The van der Waals surface area contributed by atoms with E-state index in [0.29, 0.717) is 23.2 Å². The number of carbonyl (C=O) groups is 1. The Morgan fingerprint density at radius 1 is 0.950 bits per heavy atom. The number of rotatable bonds is 12. The highest BCUT2D eigenvalue weighted by molar-refractivity contribution is 7.92. The molecule has 2 atom stereocenters. The number of amides is 1. The van der Waals surface area contributed by atoms with E-state index < -0.39 is 10.0 Å². The van der Waals surface area contributed by atoms with Gasteiger partial charge in [-0.05, 0) is 67.4 Å². The van der Waals surface area contributed by atoms with Crippen LogP contribution in [0.2, 0.25) is 0 Å². The van der Waals surface area contributed by atoms with Gasteiger partial charge in [-0.3, -0.25) is 19.3 Å². The molecule has 40 heavy (non-hydrogen) atoms. The van der Waals surface area contributed by atoms with Crippen LogP contribution in [0.5, 0.6) is 11.5 Å². The van der Waals surface area contributed by atoms with E-state index in [1.807, 2.05) is 42.5 Å². The Labute approximate surface area is 238 Å². The van der Waals surface area contributed by atoms with Gasteiger partial charge in [-0.15, -0.1) is 0 Å². The second-order valence-electron chi connectivity index (χ2n) is 10.5. The SMILES string of the molecule is CCCCC(C(=O)Nc1ccccc1)N1CCN(Cc2ccc(Oc3ccc(NS(C)(=O)=O)cc3)cc2)C(C)C1. The van der Waals surface area contributed by atoms with Gasteiger partial charge in [-0.1, -0.05) is 50.1 Å². The van der Waals surface area contributed by atoms with Crippen LogP contribution in [0, 0.1) is 0 Å². The van der Waals surface area contributed by atoms with Crippen molar-refractivity contribution in [3.63, 3.8) is 0 Å². The number of hydrogen-bond acceptors (Lipinski definition) is 6. The first-order valence-electron chi connectivity index (χ1n) is 13.9. The third kappa shape index (κ3) is 8.81. The smallest absolute Gasteiger partial charge is 0.241 e. The predicted octanol–water partition coefficient (Wildman–Crippen LogP) is 5.55. The number of piperazine rings is 1. The highest BCUT2D eigenvalue weighted by atomic mass is 32.2. The molecule has 1 aliphatic rings. The Hall–Kier alpha value is -3.40. The maximum absolute atomic E-state index is 13.2. The summed E-state index contributed by atoms with van der Waals surface area (Å²) in [6.07, 6.45) is 4.07. The molecule has 0 aliphatic carbocycles. The third-order valence-electron chi connectivity index (χ3n) is 7.11.